The average Bonchev–Trinajstić information content (AvgIpc) is 2.71. The number of amides is 2. The molecule has 158 valence electrons. The lowest BCUT2D eigenvalue weighted by atomic mass is 10.1. The van der Waals surface area contributed by atoms with Gasteiger partial charge in [0.25, 0.3) is 5.91 Å². The van der Waals surface area contributed by atoms with Gasteiger partial charge < -0.3 is 20.1 Å². The number of hydrogen-bond acceptors (Lipinski definition) is 5. The van der Waals surface area contributed by atoms with Crippen molar-refractivity contribution >= 4 is 29.5 Å². The first-order valence-electron chi connectivity index (χ1n) is 9.41. The number of rotatable bonds is 8. The fraction of sp³-hybridized carbons (Fsp3) is 0.261. The summed E-state index contributed by atoms with van der Waals surface area (Å²) in [7, 11) is 1.55. The van der Waals surface area contributed by atoms with Crippen LogP contribution in [-0.4, -0.2) is 38.0 Å². The van der Waals surface area contributed by atoms with E-state index >= 15 is 0 Å². The second-order valence-corrected chi connectivity index (χ2v) is 6.82. The van der Waals surface area contributed by atoms with Crippen LogP contribution in [0.3, 0.4) is 0 Å². The Balaban J connectivity index is 1.76. The summed E-state index contributed by atoms with van der Waals surface area (Å²) in [6, 6.07) is 11.1. The highest BCUT2D eigenvalue weighted by molar-refractivity contribution is 5.96. The van der Waals surface area contributed by atoms with Crippen LogP contribution in [0.25, 0.3) is 6.08 Å². The number of anilines is 1. The molecule has 2 amide bonds. The van der Waals surface area contributed by atoms with Crippen LogP contribution in [0.5, 0.6) is 5.75 Å². The van der Waals surface area contributed by atoms with Crippen LogP contribution in [0.2, 0.25) is 0 Å². The maximum Gasteiger partial charge on any atom is 0.331 e. The average molecular weight is 410 g/mol. The topological polar surface area (TPSA) is 93.7 Å². The third kappa shape index (κ3) is 7.09. The van der Waals surface area contributed by atoms with Gasteiger partial charge in [-0.25, -0.2) is 4.79 Å². The van der Waals surface area contributed by atoms with Crippen molar-refractivity contribution in [1.29, 1.82) is 0 Å². The molecule has 0 aliphatic rings. The summed E-state index contributed by atoms with van der Waals surface area (Å²) < 4.78 is 9.99. The van der Waals surface area contributed by atoms with E-state index in [1.807, 2.05) is 32.9 Å². The highest BCUT2D eigenvalue weighted by Crippen LogP contribution is 2.21. The maximum atomic E-state index is 12.1. The number of carbonyl (C=O) groups excluding carboxylic acids is 3. The molecular formula is C23H26N2O5. The summed E-state index contributed by atoms with van der Waals surface area (Å²) in [6.07, 6.45) is 2.78. The van der Waals surface area contributed by atoms with E-state index in [-0.39, 0.29) is 12.5 Å². The Morgan fingerprint density at radius 1 is 1.00 bits per heavy atom. The lowest BCUT2D eigenvalue weighted by Crippen LogP contribution is -2.35. The van der Waals surface area contributed by atoms with E-state index in [9.17, 15) is 14.4 Å². The van der Waals surface area contributed by atoms with Crippen LogP contribution in [-0.2, 0) is 19.1 Å². The Hall–Kier alpha value is -3.61. The number of carbonyl (C=O) groups is 3. The molecule has 0 aliphatic carbocycles. The summed E-state index contributed by atoms with van der Waals surface area (Å²) in [4.78, 5) is 35.7. The van der Waals surface area contributed by atoms with Crippen molar-refractivity contribution < 1.29 is 23.9 Å². The number of hydrogen-bond donors (Lipinski definition) is 2. The molecule has 7 nitrogen and oxygen atoms in total. The third-order valence-corrected chi connectivity index (χ3v) is 4.24. The maximum absolute atomic E-state index is 12.1. The van der Waals surface area contributed by atoms with Crippen molar-refractivity contribution in [1.82, 2.24) is 5.32 Å². The van der Waals surface area contributed by atoms with Crippen molar-refractivity contribution in [3.8, 4) is 5.75 Å². The molecule has 0 saturated carbocycles. The van der Waals surface area contributed by atoms with Crippen LogP contribution >= 0.6 is 0 Å². The number of benzene rings is 2. The molecule has 0 bridgehead atoms. The monoisotopic (exact) mass is 410 g/mol. The van der Waals surface area contributed by atoms with E-state index in [2.05, 4.69) is 10.6 Å². The summed E-state index contributed by atoms with van der Waals surface area (Å²) in [5.74, 6) is -0.921. The number of methoxy groups -OCH3 is 1. The molecule has 2 aromatic rings. The number of nitrogens with one attached hydrogen (secondary N) is 2. The van der Waals surface area contributed by atoms with Gasteiger partial charge in [0.05, 0.1) is 13.7 Å². The molecule has 0 saturated heterocycles. The molecule has 2 rings (SSSR count). The molecule has 0 aromatic heterocycles. The van der Waals surface area contributed by atoms with Crippen LogP contribution < -0.4 is 15.4 Å². The lowest BCUT2D eigenvalue weighted by Gasteiger charge is -2.13. The van der Waals surface area contributed by atoms with E-state index in [4.69, 9.17) is 9.47 Å². The van der Waals surface area contributed by atoms with Crippen molar-refractivity contribution in [2.75, 3.05) is 25.6 Å². The van der Waals surface area contributed by atoms with Crippen molar-refractivity contribution in [2.45, 2.75) is 20.8 Å². The first kappa shape index (κ1) is 22.7. The fourth-order valence-corrected chi connectivity index (χ4v) is 2.88. The van der Waals surface area contributed by atoms with Crippen LogP contribution in [0.15, 0.2) is 42.5 Å². The molecule has 0 spiro atoms. The molecule has 0 unspecified atom stereocenters. The molecule has 2 aromatic carbocycles. The summed E-state index contributed by atoms with van der Waals surface area (Å²) >= 11 is 0. The van der Waals surface area contributed by atoms with E-state index in [0.29, 0.717) is 5.75 Å². The first-order chi connectivity index (χ1) is 14.3. The normalized spacial score (nSPS) is 10.5. The molecule has 0 heterocycles. The van der Waals surface area contributed by atoms with Gasteiger partial charge in [-0.2, -0.15) is 0 Å². The second kappa shape index (κ2) is 10.8. The van der Waals surface area contributed by atoms with E-state index < -0.39 is 18.5 Å². The van der Waals surface area contributed by atoms with Gasteiger partial charge in [-0.1, -0.05) is 29.8 Å². The van der Waals surface area contributed by atoms with E-state index in [0.717, 1.165) is 27.9 Å². The molecule has 0 atom stereocenters. The van der Waals surface area contributed by atoms with Crippen LogP contribution in [0.1, 0.15) is 22.3 Å². The quantitative estimate of drug-likeness (QED) is 0.516. The van der Waals surface area contributed by atoms with Gasteiger partial charge in [0.2, 0.25) is 5.91 Å². The van der Waals surface area contributed by atoms with Crippen molar-refractivity contribution in [2.24, 2.45) is 0 Å². The van der Waals surface area contributed by atoms with Gasteiger partial charge in [-0.3, -0.25) is 9.59 Å². The highest BCUT2D eigenvalue weighted by atomic mass is 16.5. The van der Waals surface area contributed by atoms with Crippen molar-refractivity contribution in [3.63, 3.8) is 0 Å². The van der Waals surface area contributed by atoms with Gasteiger partial charge in [0.15, 0.2) is 6.61 Å². The zero-order chi connectivity index (χ0) is 22.1. The smallest absolute Gasteiger partial charge is 0.331 e. The van der Waals surface area contributed by atoms with E-state index in [1.165, 1.54) is 6.08 Å². The Labute approximate surface area is 176 Å². The van der Waals surface area contributed by atoms with Gasteiger partial charge in [-0.15, -0.1) is 0 Å². The van der Waals surface area contributed by atoms with E-state index in [1.54, 1.807) is 37.5 Å². The molecule has 2 N–H and O–H groups in total. The highest BCUT2D eigenvalue weighted by Gasteiger charge is 2.11. The fourth-order valence-electron chi connectivity index (χ4n) is 2.88. The minimum Gasteiger partial charge on any atom is -0.497 e. The Morgan fingerprint density at radius 3 is 2.37 bits per heavy atom. The minimum atomic E-state index is -0.664. The van der Waals surface area contributed by atoms with Crippen LogP contribution in [0, 0.1) is 20.8 Å². The summed E-state index contributed by atoms with van der Waals surface area (Å²) in [5, 5.41) is 5.22. The second-order valence-electron chi connectivity index (χ2n) is 6.82. The molecule has 30 heavy (non-hydrogen) atoms. The summed E-state index contributed by atoms with van der Waals surface area (Å²) in [6.45, 7) is 5.11. The SMILES string of the molecule is COc1cccc(/C=C/C(=O)OCC(=O)NCC(=O)Nc2c(C)cc(C)cc2C)c1. The predicted molar refractivity (Wildman–Crippen MR) is 115 cm³/mol. The Morgan fingerprint density at radius 2 is 1.70 bits per heavy atom. The molecule has 7 heteroatoms. The zero-order valence-electron chi connectivity index (χ0n) is 17.6. The largest absolute Gasteiger partial charge is 0.497 e. The first-order valence-corrected chi connectivity index (χ1v) is 9.41. The number of esters is 1. The molecule has 0 radical (unpaired) electrons. The lowest BCUT2D eigenvalue weighted by molar-refractivity contribution is -0.143. The minimum absolute atomic E-state index is 0.219. The molecular weight excluding hydrogens is 384 g/mol. The Kier molecular flexibility index (Phi) is 8.17. The molecule has 0 fully saturated rings. The number of ether oxygens (including phenoxy) is 2. The zero-order valence-corrected chi connectivity index (χ0v) is 17.6. The van der Waals surface area contributed by atoms with Gasteiger partial charge in [0, 0.05) is 11.8 Å². The van der Waals surface area contributed by atoms with Gasteiger partial charge in [0.1, 0.15) is 5.75 Å². The van der Waals surface area contributed by atoms with Crippen LogP contribution in [0.4, 0.5) is 5.69 Å². The van der Waals surface area contributed by atoms with Gasteiger partial charge >= 0.3 is 5.97 Å². The third-order valence-electron chi connectivity index (χ3n) is 4.24. The van der Waals surface area contributed by atoms with Gasteiger partial charge in [-0.05, 0) is 55.7 Å². The summed E-state index contributed by atoms with van der Waals surface area (Å²) in [5.41, 5.74) is 4.49. The predicted octanol–water partition coefficient (Wildman–Crippen LogP) is 2.93. The van der Waals surface area contributed by atoms with Crippen molar-refractivity contribution in [3.05, 3.63) is 64.7 Å². The standard InChI is InChI=1S/C23H26N2O5/c1-15-10-16(2)23(17(3)11-15)25-20(26)13-24-21(27)14-30-22(28)9-8-18-6-5-7-19(12-18)29-4/h5-12H,13-14H2,1-4H3,(H,24,27)(H,25,26)/b9-8+. The Bertz CT molecular complexity index is 943. The molecule has 0 aliphatic heterocycles. The number of aryl methyl sites for hydroxylation is 3.